The number of rotatable bonds is 2. The second-order valence-electron chi connectivity index (χ2n) is 4.26. The minimum atomic E-state index is -0.634. The van der Waals surface area contributed by atoms with Gasteiger partial charge in [-0.15, -0.1) is 0 Å². The van der Waals surface area contributed by atoms with Crippen LogP contribution < -0.4 is 11.2 Å². The molecule has 96 valence electrons. The van der Waals surface area contributed by atoms with Crippen LogP contribution in [0.25, 0.3) is 10.9 Å². The fourth-order valence-electron chi connectivity index (χ4n) is 2.06. The molecule has 0 aliphatic rings. The van der Waals surface area contributed by atoms with Crippen LogP contribution in [0.1, 0.15) is 5.56 Å². The van der Waals surface area contributed by atoms with E-state index < -0.39 is 11.2 Å². The van der Waals surface area contributed by atoms with E-state index in [-0.39, 0.29) is 16.8 Å². The van der Waals surface area contributed by atoms with E-state index in [9.17, 15) is 14.7 Å². The first-order valence-corrected chi connectivity index (χ1v) is 5.73. The Hall–Kier alpha value is -2.76. The van der Waals surface area contributed by atoms with Gasteiger partial charge in [-0.05, 0) is 5.56 Å². The van der Waals surface area contributed by atoms with Gasteiger partial charge < -0.3 is 14.7 Å². The normalized spacial score (nSPS) is 10.9. The first-order valence-electron chi connectivity index (χ1n) is 5.73. The number of hydrogen-bond acceptors (Lipinski definition) is 3. The summed E-state index contributed by atoms with van der Waals surface area (Å²) in [5.74, 6) is -0.123. The Labute approximate surface area is 107 Å². The Morgan fingerprint density at radius 2 is 1.84 bits per heavy atom. The standard InChI is InChI=1S/C13H11N3O3/c17-11-9-7-16(6-8-4-2-1-3-5-8)12(18)10(9)14-13(19)15-11/h1-5,7,18H,6H2,(H2,14,15,17,19). The second kappa shape index (κ2) is 4.16. The summed E-state index contributed by atoms with van der Waals surface area (Å²) in [4.78, 5) is 27.4. The molecule has 0 atom stereocenters. The molecule has 6 nitrogen and oxygen atoms in total. The third-order valence-electron chi connectivity index (χ3n) is 2.96. The summed E-state index contributed by atoms with van der Waals surface area (Å²) in [7, 11) is 0. The first-order chi connectivity index (χ1) is 9.15. The third kappa shape index (κ3) is 1.93. The highest BCUT2D eigenvalue weighted by atomic mass is 16.3. The highest BCUT2D eigenvalue weighted by Crippen LogP contribution is 2.22. The maximum Gasteiger partial charge on any atom is 0.326 e. The molecular weight excluding hydrogens is 246 g/mol. The summed E-state index contributed by atoms with van der Waals surface area (Å²) in [5, 5.41) is 10.3. The second-order valence-corrected chi connectivity index (χ2v) is 4.26. The van der Waals surface area contributed by atoms with Gasteiger partial charge in [0.05, 0.1) is 11.9 Å². The number of aromatic hydroxyl groups is 1. The van der Waals surface area contributed by atoms with Crippen molar-refractivity contribution in [2.75, 3.05) is 0 Å². The van der Waals surface area contributed by atoms with Gasteiger partial charge in [0.2, 0.25) is 5.88 Å². The van der Waals surface area contributed by atoms with Crippen LogP contribution in [0.4, 0.5) is 0 Å². The van der Waals surface area contributed by atoms with Crippen LogP contribution in [-0.4, -0.2) is 19.6 Å². The quantitative estimate of drug-likeness (QED) is 0.633. The lowest BCUT2D eigenvalue weighted by atomic mass is 10.2. The number of nitrogens with zero attached hydrogens (tertiary/aromatic N) is 1. The number of nitrogens with one attached hydrogen (secondary N) is 2. The van der Waals surface area contributed by atoms with E-state index in [2.05, 4.69) is 9.97 Å². The zero-order chi connectivity index (χ0) is 13.4. The van der Waals surface area contributed by atoms with Gasteiger partial charge in [0.1, 0.15) is 5.52 Å². The van der Waals surface area contributed by atoms with Crippen molar-refractivity contribution in [3.8, 4) is 5.88 Å². The number of aromatic nitrogens is 3. The average molecular weight is 257 g/mol. The largest absolute Gasteiger partial charge is 0.493 e. The Bertz CT molecular complexity index is 843. The Morgan fingerprint density at radius 3 is 2.58 bits per heavy atom. The van der Waals surface area contributed by atoms with E-state index in [0.29, 0.717) is 6.54 Å². The van der Waals surface area contributed by atoms with Crippen molar-refractivity contribution < 1.29 is 5.11 Å². The summed E-state index contributed by atoms with van der Waals surface area (Å²) in [6, 6.07) is 9.51. The number of H-pyrrole nitrogens is 2. The molecule has 3 aromatic rings. The Balaban J connectivity index is 2.16. The topological polar surface area (TPSA) is 90.9 Å². The fraction of sp³-hybridized carbons (Fsp3) is 0.0769. The van der Waals surface area contributed by atoms with Gasteiger partial charge >= 0.3 is 5.69 Å². The molecule has 0 amide bonds. The highest BCUT2D eigenvalue weighted by molar-refractivity contribution is 5.82. The van der Waals surface area contributed by atoms with Crippen molar-refractivity contribution in [2.24, 2.45) is 0 Å². The molecule has 0 spiro atoms. The van der Waals surface area contributed by atoms with E-state index in [1.165, 1.54) is 10.8 Å². The summed E-state index contributed by atoms with van der Waals surface area (Å²) < 4.78 is 1.52. The third-order valence-corrected chi connectivity index (χ3v) is 2.96. The minimum absolute atomic E-state index is 0.123. The molecule has 19 heavy (non-hydrogen) atoms. The average Bonchev–Trinajstić information content (AvgIpc) is 2.69. The molecule has 1 aromatic carbocycles. The van der Waals surface area contributed by atoms with Crippen molar-refractivity contribution in [1.82, 2.24) is 14.5 Å². The van der Waals surface area contributed by atoms with Crippen molar-refractivity contribution in [3.63, 3.8) is 0 Å². The van der Waals surface area contributed by atoms with Gasteiger partial charge in [-0.1, -0.05) is 30.3 Å². The minimum Gasteiger partial charge on any atom is -0.493 e. The molecule has 3 rings (SSSR count). The zero-order valence-corrected chi connectivity index (χ0v) is 9.88. The number of fused-ring (bicyclic) bond motifs is 1. The molecular formula is C13H11N3O3. The van der Waals surface area contributed by atoms with Gasteiger partial charge in [-0.2, -0.15) is 0 Å². The molecule has 6 heteroatoms. The molecule has 2 aromatic heterocycles. The van der Waals surface area contributed by atoms with Crippen LogP contribution in [0.5, 0.6) is 5.88 Å². The van der Waals surface area contributed by atoms with Crippen LogP contribution >= 0.6 is 0 Å². The monoisotopic (exact) mass is 257 g/mol. The SMILES string of the molecule is O=c1[nH]c(=O)c2cn(Cc3ccccc3)c(O)c2[nH]1. The van der Waals surface area contributed by atoms with Crippen LogP contribution in [0, 0.1) is 0 Å². The van der Waals surface area contributed by atoms with E-state index in [1.54, 1.807) is 0 Å². The lowest BCUT2D eigenvalue weighted by Gasteiger charge is -2.04. The van der Waals surface area contributed by atoms with Gasteiger partial charge in [0, 0.05) is 6.20 Å². The molecule has 0 unspecified atom stereocenters. The van der Waals surface area contributed by atoms with Crippen LogP contribution in [0.15, 0.2) is 46.1 Å². The van der Waals surface area contributed by atoms with Crippen LogP contribution in [0.2, 0.25) is 0 Å². The maximum atomic E-state index is 11.6. The number of benzene rings is 1. The zero-order valence-electron chi connectivity index (χ0n) is 9.88. The molecule has 0 bridgehead atoms. The van der Waals surface area contributed by atoms with Crippen LogP contribution in [-0.2, 0) is 6.54 Å². The van der Waals surface area contributed by atoms with Gasteiger partial charge in [-0.3, -0.25) is 9.78 Å². The predicted molar refractivity (Wildman–Crippen MR) is 70.4 cm³/mol. The van der Waals surface area contributed by atoms with Gasteiger partial charge in [0.15, 0.2) is 0 Å². The lowest BCUT2D eigenvalue weighted by molar-refractivity contribution is 0.429. The van der Waals surface area contributed by atoms with E-state index in [1.807, 2.05) is 30.3 Å². The fourth-order valence-corrected chi connectivity index (χ4v) is 2.06. The molecule has 0 saturated heterocycles. The molecule has 2 heterocycles. The Kier molecular flexibility index (Phi) is 2.49. The number of hydrogen-bond donors (Lipinski definition) is 3. The van der Waals surface area contributed by atoms with Crippen molar-refractivity contribution in [3.05, 3.63) is 62.9 Å². The molecule has 3 N–H and O–H groups in total. The first kappa shape index (κ1) is 11.3. The Morgan fingerprint density at radius 1 is 1.11 bits per heavy atom. The smallest absolute Gasteiger partial charge is 0.326 e. The molecule has 0 aliphatic carbocycles. The van der Waals surface area contributed by atoms with Crippen molar-refractivity contribution >= 4 is 10.9 Å². The highest BCUT2D eigenvalue weighted by Gasteiger charge is 2.12. The van der Waals surface area contributed by atoms with Crippen molar-refractivity contribution in [1.29, 1.82) is 0 Å². The van der Waals surface area contributed by atoms with Gasteiger partial charge in [0.25, 0.3) is 5.56 Å². The lowest BCUT2D eigenvalue weighted by Crippen LogP contribution is -2.20. The molecule has 0 saturated carbocycles. The maximum absolute atomic E-state index is 11.6. The summed E-state index contributed by atoms with van der Waals surface area (Å²) in [6.07, 6.45) is 1.52. The van der Waals surface area contributed by atoms with E-state index >= 15 is 0 Å². The molecule has 0 aliphatic heterocycles. The molecule has 0 fully saturated rings. The molecule has 0 radical (unpaired) electrons. The van der Waals surface area contributed by atoms with E-state index in [4.69, 9.17) is 0 Å². The summed E-state index contributed by atoms with van der Waals surface area (Å²) in [5.41, 5.74) is -0.00677. The van der Waals surface area contributed by atoms with Crippen LogP contribution in [0.3, 0.4) is 0 Å². The van der Waals surface area contributed by atoms with Crippen molar-refractivity contribution in [2.45, 2.75) is 6.54 Å². The number of aromatic amines is 2. The van der Waals surface area contributed by atoms with E-state index in [0.717, 1.165) is 5.56 Å². The summed E-state index contributed by atoms with van der Waals surface area (Å²) >= 11 is 0. The summed E-state index contributed by atoms with van der Waals surface area (Å²) in [6.45, 7) is 0.419. The van der Waals surface area contributed by atoms with Gasteiger partial charge in [-0.25, -0.2) is 4.79 Å². The predicted octanol–water partition coefficient (Wildman–Crippen LogP) is 0.772.